The van der Waals surface area contributed by atoms with Crippen LogP contribution < -0.4 is 0 Å². The summed E-state index contributed by atoms with van der Waals surface area (Å²) in [6.45, 7) is 0. The third-order valence-electron chi connectivity index (χ3n) is 4.89. The van der Waals surface area contributed by atoms with Gasteiger partial charge in [-0.2, -0.15) is 0 Å². The SMILES string of the molecule is Cl.[AsH2]C(c1ccccc1)(c1ccccc1)c1ccccc1-c1ccccc1. The van der Waals surface area contributed by atoms with Gasteiger partial charge in [0.1, 0.15) is 0 Å². The summed E-state index contributed by atoms with van der Waals surface area (Å²) in [6, 6.07) is 41.2. The standard InChI is InChI=1S/C25H21As.ClH/c26-25(21-14-6-2-7-15-21,22-16-8-3-9-17-22)24-19-11-10-18-23(24)20-12-4-1-5-13-20;/h1-19H,26H2;1H. The van der Waals surface area contributed by atoms with Crippen molar-refractivity contribution in [3.8, 4) is 11.1 Å². The van der Waals surface area contributed by atoms with Crippen LogP contribution in [0.3, 0.4) is 0 Å². The quantitative estimate of drug-likeness (QED) is 0.286. The van der Waals surface area contributed by atoms with Crippen LogP contribution in [0.25, 0.3) is 11.1 Å². The van der Waals surface area contributed by atoms with Crippen LogP contribution in [0.5, 0.6) is 0 Å². The van der Waals surface area contributed by atoms with Crippen molar-refractivity contribution in [2.45, 2.75) is 4.20 Å². The van der Waals surface area contributed by atoms with Crippen molar-refractivity contribution < 1.29 is 0 Å². The van der Waals surface area contributed by atoms with Gasteiger partial charge >= 0.3 is 164 Å². The summed E-state index contributed by atoms with van der Waals surface area (Å²) in [5, 5.41) is 0. The molecule has 0 heterocycles. The first-order chi connectivity index (χ1) is 12.8. The Bertz CT molecular complexity index is 943. The van der Waals surface area contributed by atoms with E-state index in [0.29, 0.717) is 0 Å². The molecule has 0 bridgehead atoms. The second-order valence-corrected chi connectivity index (χ2v) is 8.27. The normalized spacial score (nSPS) is 10.9. The molecule has 0 fully saturated rings. The number of hydrogen-bond donors (Lipinski definition) is 0. The molecule has 0 N–H and O–H groups in total. The summed E-state index contributed by atoms with van der Waals surface area (Å²) in [6.07, 6.45) is 0. The van der Waals surface area contributed by atoms with Crippen molar-refractivity contribution in [1.29, 1.82) is 0 Å². The molecular weight excluding hydrogens is 411 g/mol. The average Bonchev–Trinajstić information content (AvgIpc) is 2.75. The summed E-state index contributed by atoms with van der Waals surface area (Å²) in [7, 11) is 0. The van der Waals surface area contributed by atoms with Crippen molar-refractivity contribution in [1.82, 2.24) is 0 Å². The van der Waals surface area contributed by atoms with Gasteiger partial charge in [-0.1, -0.05) is 0 Å². The molecule has 0 saturated carbocycles. The first-order valence-corrected chi connectivity index (χ1v) is 10.1. The van der Waals surface area contributed by atoms with Gasteiger partial charge in [0.05, 0.1) is 0 Å². The summed E-state index contributed by atoms with van der Waals surface area (Å²) < 4.78 is -0.165. The van der Waals surface area contributed by atoms with Crippen molar-refractivity contribution in [3.05, 3.63) is 132 Å². The molecule has 0 spiro atoms. The van der Waals surface area contributed by atoms with E-state index in [9.17, 15) is 0 Å². The van der Waals surface area contributed by atoms with Crippen LogP contribution in [0.15, 0.2) is 115 Å². The molecule has 2 heteroatoms. The predicted octanol–water partition coefficient (Wildman–Crippen LogP) is 5.70. The number of benzene rings is 4. The molecule has 0 aromatic heterocycles. The Morgan fingerprint density at radius 3 is 1.41 bits per heavy atom. The summed E-state index contributed by atoms with van der Waals surface area (Å²) in [5.41, 5.74) is 6.56. The number of hydrogen-bond acceptors (Lipinski definition) is 0. The van der Waals surface area contributed by atoms with E-state index in [1.807, 2.05) is 0 Å². The van der Waals surface area contributed by atoms with E-state index < -0.39 is 0 Å². The van der Waals surface area contributed by atoms with Crippen LogP contribution in [0.2, 0.25) is 0 Å². The molecule has 0 amide bonds. The van der Waals surface area contributed by atoms with Crippen molar-refractivity contribution in [2.24, 2.45) is 0 Å². The van der Waals surface area contributed by atoms with Crippen LogP contribution in [0.4, 0.5) is 0 Å². The van der Waals surface area contributed by atoms with Crippen LogP contribution in [-0.2, 0) is 4.20 Å². The molecule has 0 radical (unpaired) electrons. The molecule has 1 atom stereocenters. The fraction of sp³-hybridized carbons (Fsp3) is 0.0400. The molecule has 0 aliphatic heterocycles. The van der Waals surface area contributed by atoms with E-state index in [1.54, 1.807) is 16.9 Å². The Labute approximate surface area is 176 Å². The van der Waals surface area contributed by atoms with Gasteiger partial charge in [-0.05, 0) is 0 Å². The molecular formula is C25H22AsCl. The second-order valence-electron chi connectivity index (χ2n) is 6.45. The van der Waals surface area contributed by atoms with Crippen LogP contribution in [-0.4, -0.2) is 16.9 Å². The van der Waals surface area contributed by atoms with E-state index >= 15 is 0 Å². The molecule has 27 heavy (non-hydrogen) atoms. The third-order valence-corrected chi connectivity index (χ3v) is 6.95. The van der Waals surface area contributed by atoms with Gasteiger partial charge < -0.3 is 0 Å². The fourth-order valence-electron chi connectivity index (χ4n) is 3.58. The summed E-state index contributed by atoms with van der Waals surface area (Å²) >= 11 is 1.72. The van der Waals surface area contributed by atoms with Gasteiger partial charge in [-0.15, -0.1) is 12.4 Å². The van der Waals surface area contributed by atoms with E-state index in [-0.39, 0.29) is 16.6 Å². The predicted molar refractivity (Wildman–Crippen MR) is 120 cm³/mol. The topological polar surface area (TPSA) is 0 Å². The molecule has 4 aromatic rings. The average molecular weight is 433 g/mol. The molecule has 134 valence electrons. The Morgan fingerprint density at radius 1 is 0.481 bits per heavy atom. The number of halogens is 1. The van der Waals surface area contributed by atoms with Gasteiger partial charge in [-0.3, -0.25) is 0 Å². The zero-order valence-corrected chi connectivity index (χ0v) is 18.2. The van der Waals surface area contributed by atoms with E-state index in [0.717, 1.165) is 0 Å². The Kier molecular flexibility index (Phi) is 6.22. The first-order valence-electron chi connectivity index (χ1n) is 8.85. The molecule has 1 unspecified atom stereocenters. The third kappa shape index (κ3) is 3.74. The van der Waals surface area contributed by atoms with Gasteiger partial charge in [0.15, 0.2) is 0 Å². The molecule has 4 aromatic carbocycles. The summed E-state index contributed by atoms with van der Waals surface area (Å²) in [4.78, 5) is 0. The van der Waals surface area contributed by atoms with E-state index in [2.05, 4.69) is 115 Å². The van der Waals surface area contributed by atoms with E-state index in [1.165, 1.54) is 27.8 Å². The van der Waals surface area contributed by atoms with Gasteiger partial charge in [0, 0.05) is 0 Å². The minimum atomic E-state index is -0.165. The van der Waals surface area contributed by atoms with Gasteiger partial charge in [0.2, 0.25) is 0 Å². The number of rotatable bonds is 4. The molecule has 0 saturated heterocycles. The second kappa shape index (κ2) is 8.61. The Hall–Kier alpha value is -2.27. The van der Waals surface area contributed by atoms with Crippen molar-refractivity contribution in [3.63, 3.8) is 0 Å². The van der Waals surface area contributed by atoms with E-state index in [4.69, 9.17) is 0 Å². The van der Waals surface area contributed by atoms with Crippen LogP contribution in [0.1, 0.15) is 16.7 Å². The molecule has 4 rings (SSSR count). The molecule has 0 aliphatic rings. The minimum absolute atomic E-state index is 0. The monoisotopic (exact) mass is 432 g/mol. The first kappa shape index (κ1) is 19.5. The van der Waals surface area contributed by atoms with Gasteiger partial charge in [-0.25, -0.2) is 0 Å². The van der Waals surface area contributed by atoms with Crippen LogP contribution in [0, 0.1) is 0 Å². The summed E-state index contributed by atoms with van der Waals surface area (Å²) in [5.74, 6) is 0. The zero-order valence-electron chi connectivity index (χ0n) is 15.0. The fourth-order valence-corrected chi connectivity index (χ4v) is 4.91. The van der Waals surface area contributed by atoms with Crippen LogP contribution >= 0.6 is 12.4 Å². The Balaban J connectivity index is 0.00000210. The molecule has 0 aliphatic carbocycles. The Morgan fingerprint density at radius 2 is 0.889 bits per heavy atom. The molecule has 0 nitrogen and oxygen atoms in total. The maximum absolute atomic E-state index is 2.28. The zero-order chi connectivity index (χ0) is 17.8. The van der Waals surface area contributed by atoms with Crippen molar-refractivity contribution in [2.75, 3.05) is 0 Å². The van der Waals surface area contributed by atoms with Crippen molar-refractivity contribution >= 4 is 29.3 Å². The van der Waals surface area contributed by atoms with Gasteiger partial charge in [0.25, 0.3) is 0 Å². The maximum atomic E-state index is 2.28.